The Bertz CT molecular complexity index is 1030. The van der Waals surface area contributed by atoms with E-state index >= 15 is 0 Å². The third-order valence-electron chi connectivity index (χ3n) is 5.78. The fourth-order valence-electron chi connectivity index (χ4n) is 3.90. The summed E-state index contributed by atoms with van der Waals surface area (Å²) >= 11 is 1.51. The van der Waals surface area contributed by atoms with E-state index < -0.39 is 0 Å². The highest BCUT2D eigenvalue weighted by atomic mass is 32.1. The fourth-order valence-corrected chi connectivity index (χ4v) is 4.77. The molecule has 2 aromatic carbocycles. The number of aryl methyl sites for hydroxylation is 3. The summed E-state index contributed by atoms with van der Waals surface area (Å²) in [5, 5.41) is 2.03. The highest BCUT2D eigenvalue weighted by molar-refractivity contribution is 7.12. The average molecular weight is 435 g/mol. The van der Waals surface area contributed by atoms with Crippen LogP contribution >= 0.6 is 11.3 Å². The molecule has 0 radical (unpaired) electrons. The summed E-state index contributed by atoms with van der Waals surface area (Å²) in [4.78, 5) is 18.2. The zero-order chi connectivity index (χ0) is 21.8. The second kappa shape index (κ2) is 9.67. The number of thiophene rings is 1. The van der Waals surface area contributed by atoms with Crippen LogP contribution in [0.25, 0.3) is 0 Å². The van der Waals surface area contributed by atoms with Gasteiger partial charge in [-0.3, -0.25) is 9.69 Å². The molecule has 162 valence electrons. The first-order chi connectivity index (χ1) is 15.0. The molecule has 0 atom stereocenters. The van der Waals surface area contributed by atoms with Crippen molar-refractivity contribution in [1.29, 1.82) is 0 Å². The van der Waals surface area contributed by atoms with Crippen LogP contribution in [0.3, 0.4) is 0 Å². The van der Waals surface area contributed by atoms with Gasteiger partial charge in [-0.15, -0.1) is 11.3 Å². The molecule has 4 nitrogen and oxygen atoms in total. The van der Waals surface area contributed by atoms with E-state index in [4.69, 9.17) is 4.74 Å². The van der Waals surface area contributed by atoms with E-state index in [1.54, 1.807) is 0 Å². The lowest BCUT2D eigenvalue weighted by Gasteiger charge is -2.34. The third-order valence-corrected chi connectivity index (χ3v) is 6.74. The maximum atomic E-state index is 13.0. The van der Waals surface area contributed by atoms with E-state index in [9.17, 15) is 4.79 Å². The molecule has 31 heavy (non-hydrogen) atoms. The highest BCUT2D eigenvalue weighted by Crippen LogP contribution is 2.23. The van der Waals surface area contributed by atoms with Crippen molar-refractivity contribution in [2.45, 2.75) is 33.9 Å². The van der Waals surface area contributed by atoms with Crippen LogP contribution in [-0.4, -0.2) is 41.9 Å². The van der Waals surface area contributed by atoms with Gasteiger partial charge in [0.2, 0.25) is 0 Å². The molecule has 1 fully saturated rings. The van der Waals surface area contributed by atoms with E-state index in [2.05, 4.69) is 62.1 Å². The van der Waals surface area contributed by atoms with Crippen molar-refractivity contribution < 1.29 is 9.53 Å². The Labute approximate surface area is 189 Å². The summed E-state index contributed by atoms with van der Waals surface area (Å²) in [6, 6.07) is 16.9. The van der Waals surface area contributed by atoms with Gasteiger partial charge >= 0.3 is 0 Å². The van der Waals surface area contributed by atoms with E-state index in [0.717, 1.165) is 54.5 Å². The van der Waals surface area contributed by atoms with Crippen LogP contribution in [0, 0.1) is 20.8 Å². The first-order valence-corrected chi connectivity index (χ1v) is 11.7. The molecule has 1 aliphatic heterocycles. The van der Waals surface area contributed by atoms with Gasteiger partial charge in [0.15, 0.2) is 0 Å². The Kier molecular flexibility index (Phi) is 6.73. The number of ether oxygens (including phenoxy) is 1. The minimum Gasteiger partial charge on any atom is -0.489 e. The second-order valence-electron chi connectivity index (χ2n) is 8.43. The normalized spacial score (nSPS) is 14.6. The number of piperazine rings is 1. The molecule has 0 saturated carbocycles. The van der Waals surface area contributed by atoms with Gasteiger partial charge in [-0.25, -0.2) is 0 Å². The maximum Gasteiger partial charge on any atom is 0.264 e. The number of amides is 1. The lowest BCUT2D eigenvalue weighted by atomic mass is 10.1. The third kappa shape index (κ3) is 5.54. The molecule has 2 heterocycles. The van der Waals surface area contributed by atoms with E-state index in [-0.39, 0.29) is 5.91 Å². The van der Waals surface area contributed by atoms with Gasteiger partial charge in [-0.05, 0) is 49.4 Å². The molecule has 1 saturated heterocycles. The van der Waals surface area contributed by atoms with E-state index in [1.807, 2.05) is 22.4 Å². The first-order valence-electron chi connectivity index (χ1n) is 10.8. The fraction of sp³-hybridized carbons (Fsp3) is 0.346. The molecule has 1 amide bonds. The van der Waals surface area contributed by atoms with Gasteiger partial charge in [0.1, 0.15) is 12.4 Å². The van der Waals surface area contributed by atoms with Crippen molar-refractivity contribution in [3.05, 3.63) is 86.6 Å². The van der Waals surface area contributed by atoms with Crippen LogP contribution in [-0.2, 0) is 13.2 Å². The van der Waals surface area contributed by atoms with Gasteiger partial charge in [-0.1, -0.05) is 47.5 Å². The molecular weight excluding hydrogens is 404 g/mol. The van der Waals surface area contributed by atoms with Crippen molar-refractivity contribution in [1.82, 2.24) is 9.80 Å². The van der Waals surface area contributed by atoms with E-state index in [1.165, 1.54) is 28.0 Å². The van der Waals surface area contributed by atoms with Crippen LogP contribution in [0.15, 0.2) is 53.9 Å². The summed E-state index contributed by atoms with van der Waals surface area (Å²) in [6.07, 6.45) is 0. The lowest BCUT2D eigenvalue weighted by Crippen LogP contribution is -2.48. The van der Waals surface area contributed by atoms with Crippen molar-refractivity contribution in [3.8, 4) is 5.75 Å². The monoisotopic (exact) mass is 434 g/mol. The van der Waals surface area contributed by atoms with Crippen molar-refractivity contribution >= 4 is 17.2 Å². The predicted octanol–water partition coefficient (Wildman–Crippen LogP) is 5.21. The number of hydrogen-bond donors (Lipinski definition) is 0. The van der Waals surface area contributed by atoms with Gasteiger partial charge in [0.25, 0.3) is 5.91 Å². The Balaban J connectivity index is 1.28. The summed E-state index contributed by atoms with van der Waals surface area (Å²) in [5.74, 6) is 1.03. The predicted molar refractivity (Wildman–Crippen MR) is 127 cm³/mol. The first kappa shape index (κ1) is 21.6. The van der Waals surface area contributed by atoms with Gasteiger partial charge < -0.3 is 9.64 Å². The summed E-state index contributed by atoms with van der Waals surface area (Å²) in [7, 11) is 0. The summed E-state index contributed by atoms with van der Waals surface area (Å²) in [6.45, 7) is 11.0. The van der Waals surface area contributed by atoms with Gasteiger partial charge in [-0.2, -0.15) is 0 Å². The molecule has 0 unspecified atom stereocenters. The van der Waals surface area contributed by atoms with Crippen molar-refractivity contribution in [2.24, 2.45) is 0 Å². The van der Waals surface area contributed by atoms with Crippen LogP contribution in [0.1, 0.15) is 37.5 Å². The minimum absolute atomic E-state index is 0.137. The van der Waals surface area contributed by atoms with Crippen molar-refractivity contribution in [2.75, 3.05) is 26.2 Å². The molecule has 0 spiro atoms. The Hall–Kier alpha value is -2.63. The zero-order valence-corrected chi connectivity index (χ0v) is 19.4. The van der Waals surface area contributed by atoms with Crippen LogP contribution in [0.2, 0.25) is 0 Å². The zero-order valence-electron chi connectivity index (χ0n) is 18.6. The quantitative estimate of drug-likeness (QED) is 0.534. The topological polar surface area (TPSA) is 32.8 Å². The van der Waals surface area contributed by atoms with Crippen LogP contribution in [0.5, 0.6) is 5.75 Å². The molecule has 0 aliphatic carbocycles. The number of rotatable bonds is 6. The molecule has 5 heteroatoms. The molecule has 0 bridgehead atoms. The summed E-state index contributed by atoms with van der Waals surface area (Å²) < 4.78 is 5.97. The maximum absolute atomic E-state index is 13.0. The number of hydrogen-bond acceptors (Lipinski definition) is 4. The van der Waals surface area contributed by atoms with Gasteiger partial charge in [0, 0.05) is 38.3 Å². The molecule has 1 aromatic heterocycles. The average Bonchev–Trinajstić information content (AvgIpc) is 3.24. The molecule has 1 aliphatic rings. The van der Waals surface area contributed by atoms with Crippen molar-refractivity contribution in [3.63, 3.8) is 0 Å². The largest absolute Gasteiger partial charge is 0.489 e. The number of benzene rings is 2. The molecule has 3 aromatic rings. The Morgan fingerprint density at radius 2 is 1.61 bits per heavy atom. The lowest BCUT2D eigenvalue weighted by molar-refractivity contribution is 0.0633. The number of nitrogens with zero attached hydrogens (tertiary/aromatic N) is 2. The highest BCUT2D eigenvalue weighted by Gasteiger charge is 2.23. The molecule has 0 N–H and O–H groups in total. The standard InChI is InChI=1S/C26H30N2O2S/c1-19-4-7-22(8-5-19)16-27-10-12-28(13-11-27)26(29)25-15-23(18-31-25)17-30-24-9-6-20(2)14-21(24)3/h4-9,14-15,18H,10-13,16-17H2,1-3H3. The van der Waals surface area contributed by atoms with Crippen LogP contribution in [0.4, 0.5) is 0 Å². The SMILES string of the molecule is Cc1ccc(CN2CCN(C(=O)c3cc(COc4ccc(C)cc4C)cs3)CC2)cc1. The minimum atomic E-state index is 0.137. The summed E-state index contributed by atoms with van der Waals surface area (Å²) in [5.41, 5.74) is 6.03. The Morgan fingerprint density at radius 3 is 2.32 bits per heavy atom. The number of carbonyl (C=O) groups excluding carboxylic acids is 1. The number of carbonyl (C=O) groups is 1. The Morgan fingerprint density at radius 1 is 0.903 bits per heavy atom. The van der Waals surface area contributed by atoms with E-state index in [0.29, 0.717) is 6.61 Å². The van der Waals surface area contributed by atoms with Gasteiger partial charge in [0.05, 0.1) is 4.88 Å². The van der Waals surface area contributed by atoms with Crippen LogP contribution < -0.4 is 4.74 Å². The molecular formula is C26H30N2O2S. The smallest absolute Gasteiger partial charge is 0.264 e. The molecule has 4 rings (SSSR count). The second-order valence-corrected chi connectivity index (χ2v) is 9.34.